The van der Waals surface area contributed by atoms with Crippen LogP contribution in [-0.2, 0) is 5.41 Å². The van der Waals surface area contributed by atoms with Gasteiger partial charge in [-0.25, -0.2) is 0 Å². The van der Waals surface area contributed by atoms with E-state index in [1.165, 1.54) is 0 Å². The smallest absolute Gasteiger partial charge is 0.162 e. The molecule has 116 valence electrons. The maximum Gasteiger partial charge on any atom is 0.162 e. The van der Waals surface area contributed by atoms with Crippen molar-refractivity contribution < 1.29 is 4.79 Å². The molecule has 1 aromatic heterocycles. The largest absolute Gasteiger partial charge is 0.362 e. The van der Waals surface area contributed by atoms with E-state index in [4.69, 9.17) is 0 Å². The van der Waals surface area contributed by atoms with Crippen molar-refractivity contribution in [1.29, 1.82) is 0 Å². The molecule has 0 atom stereocenters. The lowest BCUT2D eigenvalue weighted by Gasteiger charge is -2.22. The van der Waals surface area contributed by atoms with Crippen molar-refractivity contribution in [2.24, 2.45) is 0 Å². The van der Waals surface area contributed by atoms with Crippen molar-refractivity contribution in [2.45, 2.75) is 46.5 Å². The van der Waals surface area contributed by atoms with Gasteiger partial charge in [0.25, 0.3) is 0 Å². The summed E-state index contributed by atoms with van der Waals surface area (Å²) in [5, 5.41) is 0. The Hall–Kier alpha value is -2.09. The van der Waals surface area contributed by atoms with Gasteiger partial charge in [-0.3, -0.25) is 4.79 Å². The summed E-state index contributed by atoms with van der Waals surface area (Å²) >= 11 is 0. The van der Waals surface area contributed by atoms with E-state index < -0.39 is 0 Å². The highest BCUT2D eigenvalue weighted by Gasteiger charge is 2.20. The number of nitrogens with one attached hydrogen (secondary N) is 1. The molecule has 0 unspecified atom stereocenters. The minimum Gasteiger partial charge on any atom is -0.362 e. The van der Waals surface area contributed by atoms with Crippen LogP contribution in [0.4, 0.5) is 0 Å². The number of hydrogen-bond donors (Lipinski definition) is 1. The highest BCUT2D eigenvalue weighted by molar-refractivity contribution is 5.97. The molecule has 2 heteroatoms. The van der Waals surface area contributed by atoms with Gasteiger partial charge in [0.2, 0.25) is 0 Å². The molecule has 0 amide bonds. The highest BCUT2D eigenvalue weighted by atomic mass is 16.1. The summed E-state index contributed by atoms with van der Waals surface area (Å²) in [4.78, 5) is 15.6. The SMILES string of the molecule is C=CC(C)(C)c1cc(C(=O)CC)cc(-c2cc(C)[nH]c2C)c1. The van der Waals surface area contributed by atoms with Gasteiger partial charge in [-0.05, 0) is 43.2 Å². The third-order valence-electron chi connectivity index (χ3n) is 4.29. The van der Waals surface area contributed by atoms with Crippen molar-refractivity contribution in [1.82, 2.24) is 4.98 Å². The molecule has 0 aliphatic carbocycles. The highest BCUT2D eigenvalue weighted by Crippen LogP contribution is 2.32. The molecule has 2 aromatic rings. The summed E-state index contributed by atoms with van der Waals surface area (Å²) in [7, 11) is 0. The van der Waals surface area contributed by atoms with Gasteiger partial charge in [-0.2, -0.15) is 0 Å². The van der Waals surface area contributed by atoms with E-state index in [9.17, 15) is 4.79 Å². The van der Waals surface area contributed by atoms with Gasteiger partial charge in [0.1, 0.15) is 0 Å². The van der Waals surface area contributed by atoms with Crippen LogP contribution in [-0.4, -0.2) is 10.8 Å². The average molecular weight is 295 g/mol. The number of aryl methyl sites for hydroxylation is 2. The zero-order valence-corrected chi connectivity index (χ0v) is 14.2. The van der Waals surface area contributed by atoms with Crippen molar-refractivity contribution in [3.05, 3.63) is 59.4 Å². The number of ketones is 1. The van der Waals surface area contributed by atoms with E-state index in [0.717, 1.165) is 33.6 Å². The normalized spacial score (nSPS) is 11.5. The van der Waals surface area contributed by atoms with Crippen molar-refractivity contribution >= 4 is 5.78 Å². The number of aromatic amines is 1. The van der Waals surface area contributed by atoms with Crippen LogP contribution in [0.25, 0.3) is 11.1 Å². The second-order valence-electron chi connectivity index (χ2n) is 6.49. The van der Waals surface area contributed by atoms with E-state index in [1.54, 1.807) is 0 Å². The zero-order valence-electron chi connectivity index (χ0n) is 14.2. The maximum absolute atomic E-state index is 12.2. The van der Waals surface area contributed by atoms with E-state index in [1.807, 2.05) is 32.1 Å². The lowest BCUT2D eigenvalue weighted by molar-refractivity contribution is 0.0988. The first-order chi connectivity index (χ1) is 10.3. The van der Waals surface area contributed by atoms with Gasteiger partial charge in [0.15, 0.2) is 5.78 Å². The summed E-state index contributed by atoms with van der Waals surface area (Å²) < 4.78 is 0. The molecule has 0 aliphatic rings. The van der Waals surface area contributed by atoms with Crippen molar-refractivity contribution in [3.63, 3.8) is 0 Å². The third kappa shape index (κ3) is 3.06. The number of hydrogen-bond acceptors (Lipinski definition) is 1. The van der Waals surface area contributed by atoms with E-state index in [2.05, 4.69) is 44.5 Å². The lowest BCUT2D eigenvalue weighted by Crippen LogP contribution is -2.14. The summed E-state index contributed by atoms with van der Waals surface area (Å²) in [5.74, 6) is 0.174. The van der Waals surface area contributed by atoms with Gasteiger partial charge >= 0.3 is 0 Å². The fraction of sp³-hybridized carbons (Fsp3) is 0.350. The monoisotopic (exact) mass is 295 g/mol. The molecule has 1 heterocycles. The summed E-state index contributed by atoms with van der Waals surface area (Å²) in [5.41, 5.74) is 6.23. The van der Waals surface area contributed by atoms with E-state index in [0.29, 0.717) is 6.42 Å². The Morgan fingerprint density at radius 1 is 1.23 bits per heavy atom. The first kappa shape index (κ1) is 16.3. The molecule has 0 saturated heterocycles. The van der Waals surface area contributed by atoms with Crippen molar-refractivity contribution in [2.75, 3.05) is 0 Å². The van der Waals surface area contributed by atoms with Gasteiger partial charge in [-0.1, -0.05) is 32.9 Å². The Morgan fingerprint density at radius 2 is 1.91 bits per heavy atom. The van der Waals surface area contributed by atoms with Gasteiger partial charge in [0.05, 0.1) is 0 Å². The molecular formula is C20H25NO. The third-order valence-corrected chi connectivity index (χ3v) is 4.29. The summed E-state index contributed by atoms with van der Waals surface area (Å²) in [6.07, 6.45) is 2.45. The van der Waals surface area contributed by atoms with Gasteiger partial charge < -0.3 is 4.98 Å². The fourth-order valence-corrected chi connectivity index (χ4v) is 2.66. The van der Waals surface area contributed by atoms with Crippen LogP contribution in [0.1, 0.15) is 54.5 Å². The molecular weight excluding hydrogens is 270 g/mol. The lowest BCUT2D eigenvalue weighted by atomic mass is 9.82. The van der Waals surface area contributed by atoms with Crippen LogP contribution in [0, 0.1) is 13.8 Å². The molecule has 22 heavy (non-hydrogen) atoms. The van der Waals surface area contributed by atoms with Crippen LogP contribution in [0.5, 0.6) is 0 Å². The topological polar surface area (TPSA) is 32.9 Å². The number of rotatable bonds is 5. The molecule has 0 aliphatic heterocycles. The molecule has 0 bridgehead atoms. The van der Waals surface area contributed by atoms with Crippen LogP contribution >= 0.6 is 0 Å². The van der Waals surface area contributed by atoms with Gasteiger partial charge in [-0.15, -0.1) is 6.58 Å². The Labute approximate surface area is 133 Å². The Morgan fingerprint density at radius 3 is 2.41 bits per heavy atom. The predicted molar refractivity (Wildman–Crippen MR) is 93.5 cm³/mol. The number of carbonyl (C=O) groups is 1. The second-order valence-corrected chi connectivity index (χ2v) is 6.49. The number of carbonyl (C=O) groups excluding carboxylic acids is 1. The Bertz CT molecular complexity index is 719. The maximum atomic E-state index is 12.2. The summed E-state index contributed by atoms with van der Waals surface area (Å²) in [6, 6.07) is 8.31. The first-order valence-corrected chi connectivity index (χ1v) is 7.77. The Balaban J connectivity index is 2.68. The molecule has 0 spiro atoms. The average Bonchev–Trinajstić information content (AvgIpc) is 2.84. The molecule has 0 fully saturated rings. The molecule has 1 aromatic carbocycles. The number of allylic oxidation sites excluding steroid dienone is 1. The van der Waals surface area contributed by atoms with Crippen LogP contribution in [0.15, 0.2) is 36.9 Å². The minimum absolute atomic E-state index is 0.169. The van der Waals surface area contributed by atoms with Gasteiger partial charge in [0, 0.05) is 34.4 Å². The predicted octanol–water partition coefficient (Wildman–Crippen LogP) is 5.35. The number of aromatic nitrogens is 1. The van der Waals surface area contributed by atoms with E-state index in [-0.39, 0.29) is 11.2 Å². The molecule has 2 nitrogen and oxygen atoms in total. The quantitative estimate of drug-likeness (QED) is 0.585. The molecule has 0 radical (unpaired) electrons. The van der Waals surface area contributed by atoms with Crippen LogP contribution in [0.2, 0.25) is 0 Å². The van der Waals surface area contributed by atoms with Crippen molar-refractivity contribution in [3.8, 4) is 11.1 Å². The fourth-order valence-electron chi connectivity index (χ4n) is 2.66. The number of benzene rings is 1. The zero-order chi connectivity index (χ0) is 16.5. The molecule has 1 N–H and O–H groups in total. The Kier molecular flexibility index (Phi) is 4.41. The van der Waals surface area contributed by atoms with Crippen LogP contribution in [0.3, 0.4) is 0 Å². The number of Topliss-reactive ketones (excluding diaryl/α,β-unsaturated/α-hetero) is 1. The minimum atomic E-state index is -0.169. The molecule has 0 saturated carbocycles. The molecule has 2 rings (SSSR count). The number of H-pyrrole nitrogens is 1. The second kappa shape index (κ2) is 5.96. The van der Waals surface area contributed by atoms with Crippen LogP contribution < -0.4 is 0 Å². The standard InChI is InChI=1S/C20H25NO/c1-7-19(22)16-10-15(18-9-13(3)21-14(18)4)11-17(12-16)20(5,6)8-2/h8-12,21H,2,7H2,1,3-6H3. The first-order valence-electron chi connectivity index (χ1n) is 7.77. The van der Waals surface area contributed by atoms with E-state index >= 15 is 0 Å². The summed E-state index contributed by atoms with van der Waals surface area (Å²) in [6.45, 7) is 14.2.